The minimum atomic E-state index is -1.69. The zero-order chi connectivity index (χ0) is 14.9. The summed E-state index contributed by atoms with van der Waals surface area (Å²) in [7, 11) is 0. The van der Waals surface area contributed by atoms with Gasteiger partial charge in [0.1, 0.15) is 5.82 Å². The van der Waals surface area contributed by atoms with E-state index < -0.39 is 34.9 Å². The van der Waals surface area contributed by atoms with Crippen LogP contribution in [0.5, 0.6) is 0 Å². The highest BCUT2D eigenvalue weighted by Crippen LogP contribution is 2.21. The van der Waals surface area contributed by atoms with E-state index in [1.807, 2.05) is 5.32 Å². The van der Waals surface area contributed by atoms with Gasteiger partial charge in [-0.15, -0.1) is 0 Å². The normalized spacial score (nSPS) is 10.4. The van der Waals surface area contributed by atoms with Gasteiger partial charge in [-0.05, 0) is 30.3 Å². The van der Waals surface area contributed by atoms with Crippen molar-refractivity contribution in [3.8, 4) is 0 Å². The molecule has 0 heterocycles. The van der Waals surface area contributed by atoms with Crippen LogP contribution >= 0.6 is 15.9 Å². The largest absolute Gasteiger partial charge is 0.319 e. The third kappa shape index (κ3) is 2.98. The number of rotatable bonds is 2. The maximum Gasteiger partial charge on any atom is 0.255 e. The van der Waals surface area contributed by atoms with Crippen molar-refractivity contribution in [1.82, 2.24) is 0 Å². The smallest absolute Gasteiger partial charge is 0.255 e. The Balaban J connectivity index is 2.30. The number of carbonyl (C=O) groups excluding carboxylic acids is 1. The maximum atomic E-state index is 13.4. The van der Waals surface area contributed by atoms with Crippen LogP contribution in [-0.4, -0.2) is 5.91 Å². The molecule has 7 heteroatoms. The van der Waals surface area contributed by atoms with Crippen LogP contribution in [0, 0.1) is 23.3 Å². The lowest BCUT2D eigenvalue weighted by molar-refractivity contribution is 0.102. The second kappa shape index (κ2) is 5.62. The van der Waals surface area contributed by atoms with Crippen molar-refractivity contribution in [2.45, 2.75) is 0 Å². The van der Waals surface area contributed by atoms with Crippen molar-refractivity contribution in [2.75, 3.05) is 5.32 Å². The lowest BCUT2D eigenvalue weighted by Crippen LogP contribution is -2.14. The quantitative estimate of drug-likeness (QED) is 0.638. The van der Waals surface area contributed by atoms with Gasteiger partial charge >= 0.3 is 0 Å². The van der Waals surface area contributed by atoms with Crippen LogP contribution in [0.25, 0.3) is 0 Å². The molecule has 2 nitrogen and oxygen atoms in total. The Labute approximate surface area is 119 Å². The molecule has 2 aromatic rings. The minimum Gasteiger partial charge on any atom is -0.319 e. The fourth-order valence-corrected chi connectivity index (χ4v) is 1.97. The van der Waals surface area contributed by atoms with Crippen molar-refractivity contribution in [3.63, 3.8) is 0 Å². The molecule has 0 saturated heterocycles. The summed E-state index contributed by atoms with van der Waals surface area (Å²) in [4.78, 5) is 11.8. The van der Waals surface area contributed by atoms with Gasteiger partial charge in [-0.1, -0.05) is 15.9 Å². The lowest BCUT2D eigenvalue weighted by atomic mass is 10.2. The summed E-state index contributed by atoms with van der Waals surface area (Å²) in [6.45, 7) is 0. The number of amides is 1. The van der Waals surface area contributed by atoms with Crippen LogP contribution in [0.3, 0.4) is 0 Å². The van der Waals surface area contributed by atoms with Crippen LogP contribution in [0.15, 0.2) is 34.8 Å². The molecule has 2 aromatic carbocycles. The molecule has 20 heavy (non-hydrogen) atoms. The lowest BCUT2D eigenvalue weighted by Gasteiger charge is -2.08. The summed E-state index contributed by atoms with van der Waals surface area (Å²) in [5.74, 6) is -6.10. The van der Waals surface area contributed by atoms with Crippen molar-refractivity contribution in [1.29, 1.82) is 0 Å². The van der Waals surface area contributed by atoms with Gasteiger partial charge in [0, 0.05) is 10.0 Å². The number of nitrogens with one attached hydrogen (secondary N) is 1. The molecule has 1 N–H and O–H groups in total. The van der Waals surface area contributed by atoms with Gasteiger partial charge in [0.05, 0.1) is 5.69 Å². The standard InChI is InChI=1S/C13H6BrF4NO/c14-7-3-6(4-8(15)5-7)13(20)19-10-2-1-9(16)11(17)12(10)18/h1-5H,(H,19,20). The molecule has 0 aliphatic carbocycles. The van der Waals surface area contributed by atoms with Gasteiger partial charge in [0.25, 0.3) is 5.91 Å². The average molecular weight is 348 g/mol. The highest BCUT2D eigenvalue weighted by Gasteiger charge is 2.16. The number of carbonyl (C=O) groups is 1. The van der Waals surface area contributed by atoms with E-state index in [2.05, 4.69) is 15.9 Å². The van der Waals surface area contributed by atoms with Gasteiger partial charge in [-0.2, -0.15) is 0 Å². The second-order valence-corrected chi connectivity index (χ2v) is 4.75. The molecular weight excluding hydrogens is 342 g/mol. The van der Waals surface area contributed by atoms with Crippen molar-refractivity contribution < 1.29 is 22.4 Å². The summed E-state index contributed by atoms with van der Waals surface area (Å²) >= 11 is 3.00. The number of benzene rings is 2. The van der Waals surface area contributed by atoms with E-state index >= 15 is 0 Å². The second-order valence-electron chi connectivity index (χ2n) is 3.84. The predicted molar refractivity (Wildman–Crippen MR) is 68.4 cm³/mol. The summed E-state index contributed by atoms with van der Waals surface area (Å²) in [6, 6.07) is 4.92. The Bertz CT molecular complexity index is 670. The molecule has 2 rings (SSSR count). The zero-order valence-corrected chi connectivity index (χ0v) is 11.3. The first-order valence-electron chi connectivity index (χ1n) is 5.29. The van der Waals surface area contributed by atoms with Gasteiger partial charge in [-0.25, -0.2) is 17.6 Å². The van der Waals surface area contributed by atoms with Crippen LogP contribution in [0.1, 0.15) is 10.4 Å². The first kappa shape index (κ1) is 14.5. The summed E-state index contributed by atoms with van der Waals surface area (Å²) in [5, 5.41) is 2.04. The third-order valence-electron chi connectivity index (χ3n) is 2.41. The molecule has 0 aliphatic rings. The Hall–Kier alpha value is -1.89. The molecule has 104 valence electrons. The van der Waals surface area contributed by atoms with Crippen LogP contribution < -0.4 is 5.32 Å². The summed E-state index contributed by atoms with van der Waals surface area (Å²) in [5.41, 5.74) is -0.629. The predicted octanol–water partition coefficient (Wildman–Crippen LogP) is 4.26. The highest BCUT2D eigenvalue weighted by atomic mass is 79.9. The number of hydrogen-bond donors (Lipinski definition) is 1. The molecule has 0 radical (unpaired) electrons. The van der Waals surface area contributed by atoms with Crippen molar-refractivity contribution in [2.24, 2.45) is 0 Å². The van der Waals surface area contributed by atoms with E-state index in [1.54, 1.807) is 0 Å². The van der Waals surface area contributed by atoms with Crippen molar-refractivity contribution in [3.05, 3.63) is 63.6 Å². The van der Waals surface area contributed by atoms with Gasteiger partial charge in [-0.3, -0.25) is 4.79 Å². The van der Waals surface area contributed by atoms with E-state index in [0.29, 0.717) is 10.5 Å². The SMILES string of the molecule is O=C(Nc1ccc(F)c(F)c1F)c1cc(F)cc(Br)c1. The Morgan fingerprint density at radius 2 is 1.70 bits per heavy atom. The van der Waals surface area contributed by atoms with Gasteiger partial charge < -0.3 is 5.32 Å². The van der Waals surface area contributed by atoms with E-state index in [4.69, 9.17) is 0 Å². The average Bonchev–Trinajstić information content (AvgIpc) is 2.38. The first-order chi connectivity index (χ1) is 9.38. The molecule has 0 bridgehead atoms. The molecule has 0 aromatic heterocycles. The zero-order valence-electron chi connectivity index (χ0n) is 9.68. The molecule has 0 fully saturated rings. The molecular formula is C13H6BrF4NO. The van der Waals surface area contributed by atoms with Crippen LogP contribution in [-0.2, 0) is 0 Å². The third-order valence-corrected chi connectivity index (χ3v) is 2.87. The van der Waals surface area contributed by atoms with Crippen LogP contribution in [0.2, 0.25) is 0 Å². The topological polar surface area (TPSA) is 29.1 Å². The first-order valence-corrected chi connectivity index (χ1v) is 6.08. The Morgan fingerprint density at radius 1 is 1.00 bits per heavy atom. The monoisotopic (exact) mass is 347 g/mol. The molecule has 1 amide bonds. The summed E-state index contributed by atoms with van der Waals surface area (Å²) < 4.78 is 52.6. The number of anilines is 1. The molecule has 0 unspecified atom stereocenters. The van der Waals surface area contributed by atoms with E-state index in [1.165, 1.54) is 6.07 Å². The van der Waals surface area contributed by atoms with E-state index in [9.17, 15) is 22.4 Å². The molecule has 0 aliphatic heterocycles. The van der Waals surface area contributed by atoms with E-state index in [0.717, 1.165) is 18.2 Å². The number of hydrogen-bond acceptors (Lipinski definition) is 1. The van der Waals surface area contributed by atoms with E-state index in [-0.39, 0.29) is 5.56 Å². The molecule has 0 spiro atoms. The summed E-state index contributed by atoms with van der Waals surface area (Å²) in [6.07, 6.45) is 0. The minimum absolute atomic E-state index is 0.0963. The Morgan fingerprint density at radius 3 is 2.35 bits per heavy atom. The fraction of sp³-hybridized carbons (Fsp3) is 0. The van der Waals surface area contributed by atoms with Gasteiger partial charge in [0.2, 0.25) is 0 Å². The van der Waals surface area contributed by atoms with Crippen LogP contribution in [0.4, 0.5) is 23.2 Å². The highest BCUT2D eigenvalue weighted by molar-refractivity contribution is 9.10. The Kier molecular flexibility index (Phi) is 4.08. The number of halogens is 5. The fourth-order valence-electron chi connectivity index (χ4n) is 1.50. The molecule has 0 atom stereocenters. The van der Waals surface area contributed by atoms with Crippen molar-refractivity contribution >= 4 is 27.5 Å². The maximum absolute atomic E-state index is 13.4. The van der Waals surface area contributed by atoms with Gasteiger partial charge in [0.15, 0.2) is 17.5 Å². The molecule has 0 saturated carbocycles.